The summed E-state index contributed by atoms with van der Waals surface area (Å²) in [5, 5.41) is 4.52. The molecule has 2 nitrogen and oxygen atoms in total. The molecule has 0 aliphatic rings. The van der Waals surface area contributed by atoms with E-state index in [1.807, 2.05) is 25.1 Å². The van der Waals surface area contributed by atoms with Crippen molar-refractivity contribution in [3.05, 3.63) is 41.6 Å². The van der Waals surface area contributed by atoms with E-state index >= 15 is 0 Å². The third-order valence-electron chi connectivity index (χ3n) is 2.95. The van der Waals surface area contributed by atoms with Gasteiger partial charge in [-0.25, -0.2) is 0 Å². The lowest BCUT2D eigenvalue weighted by Gasteiger charge is -2.15. The molecule has 2 aromatic rings. The SMILES string of the molecule is C#CC(NCCC)c1cc(C)nc2ccccc12. The predicted molar refractivity (Wildman–Crippen MR) is 76.3 cm³/mol. The van der Waals surface area contributed by atoms with Crippen LogP contribution in [0.4, 0.5) is 0 Å². The molecule has 1 unspecified atom stereocenters. The molecule has 0 aliphatic carbocycles. The number of benzene rings is 1. The maximum Gasteiger partial charge on any atom is 0.0950 e. The molecule has 18 heavy (non-hydrogen) atoms. The average molecular weight is 238 g/mol. The second-order valence-corrected chi connectivity index (χ2v) is 4.42. The van der Waals surface area contributed by atoms with Crippen LogP contribution in [0.5, 0.6) is 0 Å². The van der Waals surface area contributed by atoms with Gasteiger partial charge in [0.1, 0.15) is 0 Å². The normalized spacial score (nSPS) is 12.3. The summed E-state index contributed by atoms with van der Waals surface area (Å²) in [6.07, 6.45) is 6.72. The minimum absolute atomic E-state index is 0.0449. The summed E-state index contributed by atoms with van der Waals surface area (Å²) in [6, 6.07) is 10.2. The Morgan fingerprint density at radius 1 is 1.39 bits per heavy atom. The molecule has 1 heterocycles. The summed E-state index contributed by atoms with van der Waals surface area (Å²) in [5.74, 6) is 2.83. The van der Waals surface area contributed by atoms with Crippen molar-refractivity contribution in [3.8, 4) is 12.3 Å². The van der Waals surface area contributed by atoms with Crippen LogP contribution in [0.3, 0.4) is 0 Å². The zero-order valence-corrected chi connectivity index (χ0v) is 10.9. The van der Waals surface area contributed by atoms with Crippen molar-refractivity contribution in [2.24, 2.45) is 0 Å². The Kier molecular flexibility index (Phi) is 3.96. The number of pyridine rings is 1. The van der Waals surface area contributed by atoms with Crippen LogP contribution in [0.2, 0.25) is 0 Å². The van der Waals surface area contributed by atoms with Crippen LogP contribution in [-0.2, 0) is 0 Å². The number of aryl methyl sites for hydroxylation is 1. The van der Waals surface area contributed by atoms with Crippen LogP contribution in [0.15, 0.2) is 30.3 Å². The van der Waals surface area contributed by atoms with E-state index in [0.717, 1.165) is 35.1 Å². The highest BCUT2D eigenvalue weighted by molar-refractivity contribution is 5.83. The van der Waals surface area contributed by atoms with Crippen LogP contribution in [-0.4, -0.2) is 11.5 Å². The van der Waals surface area contributed by atoms with Gasteiger partial charge in [-0.05, 0) is 37.6 Å². The topological polar surface area (TPSA) is 24.9 Å². The lowest BCUT2D eigenvalue weighted by molar-refractivity contribution is 0.629. The van der Waals surface area contributed by atoms with Crippen molar-refractivity contribution >= 4 is 10.9 Å². The molecule has 92 valence electrons. The van der Waals surface area contributed by atoms with Crippen molar-refractivity contribution < 1.29 is 0 Å². The number of nitrogens with one attached hydrogen (secondary N) is 1. The molecule has 2 rings (SSSR count). The Morgan fingerprint density at radius 2 is 2.17 bits per heavy atom. The average Bonchev–Trinajstić information content (AvgIpc) is 2.39. The first-order valence-electron chi connectivity index (χ1n) is 6.32. The summed E-state index contributed by atoms with van der Waals surface area (Å²) in [5.41, 5.74) is 3.15. The Balaban J connectivity index is 2.51. The number of nitrogens with zero attached hydrogens (tertiary/aromatic N) is 1. The largest absolute Gasteiger partial charge is 0.300 e. The van der Waals surface area contributed by atoms with Crippen LogP contribution < -0.4 is 5.32 Å². The zero-order valence-electron chi connectivity index (χ0n) is 10.9. The fourth-order valence-electron chi connectivity index (χ4n) is 2.13. The number of fused-ring (bicyclic) bond motifs is 1. The van der Waals surface area contributed by atoms with E-state index in [1.54, 1.807) is 0 Å². The molecule has 0 aliphatic heterocycles. The first-order valence-corrected chi connectivity index (χ1v) is 6.32. The fraction of sp³-hybridized carbons (Fsp3) is 0.312. The van der Waals surface area contributed by atoms with E-state index in [-0.39, 0.29) is 6.04 Å². The van der Waals surface area contributed by atoms with Gasteiger partial charge in [-0.15, -0.1) is 6.42 Å². The van der Waals surface area contributed by atoms with Gasteiger partial charge in [0.15, 0.2) is 0 Å². The summed E-state index contributed by atoms with van der Waals surface area (Å²) in [4.78, 5) is 4.54. The highest BCUT2D eigenvalue weighted by Crippen LogP contribution is 2.23. The van der Waals surface area contributed by atoms with Gasteiger partial charge < -0.3 is 0 Å². The van der Waals surface area contributed by atoms with Gasteiger partial charge in [0.2, 0.25) is 0 Å². The molecule has 0 spiro atoms. The molecular formula is C16H18N2. The van der Waals surface area contributed by atoms with Crippen molar-refractivity contribution in [1.29, 1.82) is 0 Å². The molecule has 0 radical (unpaired) electrons. The Bertz CT molecular complexity index is 581. The standard InChI is InChI=1S/C16H18N2/c1-4-10-17-15(5-2)14-11-12(3)18-16-9-7-6-8-13(14)16/h2,6-9,11,15,17H,4,10H2,1,3H3. The maximum atomic E-state index is 5.65. The number of rotatable bonds is 4. The van der Waals surface area contributed by atoms with Gasteiger partial charge in [-0.2, -0.15) is 0 Å². The molecule has 0 amide bonds. The summed E-state index contributed by atoms with van der Waals surface area (Å²) in [6.45, 7) is 5.06. The number of hydrogen-bond donors (Lipinski definition) is 1. The molecule has 1 aromatic carbocycles. The molecule has 0 saturated carbocycles. The van der Waals surface area contributed by atoms with E-state index in [4.69, 9.17) is 6.42 Å². The Morgan fingerprint density at radius 3 is 2.89 bits per heavy atom. The van der Waals surface area contributed by atoms with Gasteiger partial charge in [0, 0.05) is 11.1 Å². The summed E-state index contributed by atoms with van der Waals surface area (Å²) < 4.78 is 0. The lowest BCUT2D eigenvalue weighted by Crippen LogP contribution is -2.21. The highest BCUT2D eigenvalue weighted by atomic mass is 14.9. The Hall–Kier alpha value is -1.85. The monoisotopic (exact) mass is 238 g/mol. The third kappa shape index (κ3) is 2.52. The van der Waals surface area contributed by atoms with E-state index in [2.05, 4.69) is 35.3 Å². The van der Waals surface area contributed by atoms with E-state index in [9.17, 15) is 0 Å². The molecule has 2 heteroatoms. The number of aromatic nitrogens is 1. The van der Waals surface area contributed by atoms with Crippen molar-refractivity contribution in [3.63, 3.8) is 0 Å². The molecule has 0 bridgehead atoms. The number of hydrogen-bond acceptors (Lipinski definition) is 2. The van der Waals surface area contributed by atoms with Gasteiger partial charge in [0.05, 0.1) is 11.6 Å². The first kappa shape index (κ1) is 12.6. The van der Waals surface area contributed by atoms with Crippen molar-refractivity contribution in [2.75, 3.05) is 6.54 Å². The molecule has 0 saturated heterocycles. The van der Waals surface area contributed by atoms with Gasteiger partial charge in [0.25, 0.3) is 0 Å². The highest BCUT2D eigenvalue weighted by Gasteiger charge is 2.12. The second-order valence-electron chi connectivity index (χ2n) is 4.42. The van der Waals surface area contributed by atoms with Crippen molar-refractivity contribution in [1.82, 2.24) is 10.3 Å². The summed E-state index contributed by atoms with van der Waals surface area (Å²) >= 11 is 0. The minimum atomic E-state index is -0.0449. The number of para-hydroxylation sites is 1. The van der Waals surface area contributed by atoms with Gasteiger partial charge in [-0.1, -0.05) is 31.0 Å². The van der Waals surface area contributed by atoms with Crippen LogP contribution in [0, 0.1) is 19.3 Å². The lowest BCUT2D eigenvalue weighted by atomic mass is 10.0. The minimum Gasteiger partial charge on any atom is -0.300 e. The predicted octanol–water partition coefficient (Wildman–Crippen LogP) is 3.22. The van der Waals surface area contributed by atoms with Crippen LogP contribution >= 0.6 is 0 Å². The smallest absolute Gasteiger partial charge is 0.0950 e. The van der Waals surface area contributed by atoms with Gasteiger partial charge in [-0.3, -0.25) is 10.3 Å². The zero-order chi connectivity index (χ0) is 13.0. The quantitative estimate of drug-likeness (QED) is 0.827. The van der Waals surface area contributed by atoms with Crippen LogP contribution in [0.1, 0.15) is 30.6 Å². The molecule has 1 aromatic heterocycles. The molecule has 1 atom stereocenters. The fourth-order valence-corrected chi connectivity index (χ4v) is 2.13. The summed E-state index contributed by atoms with van der Waals surface area (Å²) in [7, 11) is 0. The number of terminal acetylenes is 1. The van der Waals surface area contributed by atoms with Crippen molar-refractivity contribution in [2.45, 2.75) is 26.3 Å². The van der Waals surface area contributed by atoms with Crippen LogP contribution in [0.25, 0.3) is 10.9 Å². The molecule has 1 N–H and O–H groups in total. The van der Waals surface area contributed by atoms with Gasteiger partial charge >= 0.3 is 0 Å². The van der Waals surface area contributed by atoms with E-state index in [1.165, 1.54) is 0 Å². The second kappa shape index (κ2) is 5.66. The third-order valence-corrected chi connectivity index (χ3v) is 2.95. The first-order chi connectivity index (χ1) is 8.76. The van der Waals surface area contributed by atoms with E-state index < -0.39 is 0 Å². The molecular weight excluding hydrogens is 220 g/mol. The van der Waals surface area contributed by atoms with E-state index in [0.29, 0.717) is 0 Å². The Labute approximate surface area is 108 Å². The molecule has 0 fully saturated rings. The maximum absolute atomic E-state index is 5.65.